The molecule has 0 saturated heterocycles. The summed E-state index contributed by atoms with van der Waals surface area (Å²) >= 11 is 6.16. The van der Waals surface area contributed by atoms with E-state index in [0.29, 0.717) is 17.1 Å². The van der Waals surface area contributed by atoms with Crippen molar-refractivity contribution in [3.8, 4) is 0 Å². The van der Waals surface area contributed by atoms with E-state index >= 15 is 0 Å². The number of aromatic nitrogens is 2. The number of carbonyl (C=O) groups is 1. The molecule has 1 aliphatic carbocycles. The minimum atomic E-state index is -3.70. The number of aryl methyl sites for hydroxylation is 1. The lowest BCUT2D eigenvalue weighted by atomic mass is 9.95. The number of benzene rings is 2. The van der Waals surface area contributed by atoms with Crippen LogP contribution in [0.15, 0.2) is 59.9 Å². The number of nitrogens with zero attached hydrogens (tertiary/aromatic N) is 3. The van der Waals surface area contributed by atoms with Gasteiger partial charge in [-0.25, -0.2) is 13.4 Å². The maximum atomic E-state index is 13.7. The van der Waals surface area contributed by atoms with Crippen LogP contribution in [0, 0.1) is 12.8 Å². The minimum absolute atomic E-state index is 0.0516. The van der Waals surface area contributed by atoms with E-state index in [1.54, 1.807) is 35.4 Å². The number of rotatable bonds is 9. The van der Waals surface area contributed by atoms with Crippen LogP contribution in [0.2, 0.25) is 5.02 Å². The van der Waals surface area contributed by atoms with E-state index in [-0.39, 0.29) is 35.3 Å². The second-order valence-corrected chi connectivity index (χ2v) is 12.9. The number of hydrogen-bond acceptors (Lipinski definition) is 4. The van der Waals surface area contributed by atoms with Crippen molar-refractivity contribution in [3.05, 3.63) is 82.1 Å². The number of sulfone groups is 1. The molecule has 1 heterocycles. The van der Waals surface area contributed by atoms with Crippen molar-refractivity contribution in [2.75, 3.05) is 6.54 Å². The van der Waals surface area contributed by atoms with Gasteiger partial charge in [0.25, 0.3) is 5.91 Å². The van der Waals surface area contributed by atoms with Gasteiger partial charge in [0.05, 0.1) is 24.2 Å². The predicted molar refractivity (Wildman–Crippen MR) is 147 cm³/mol. The van der Waals surface area contributed by atoms with E-state index < -0.39 is 9.84 Å². The van der Waals surface area contributed by atoms with E-state index in [1.807, 2.05) is 35.8 Å². The van der Waals surface area contributed by atoms with Crippen molar-refractivity contribution in [2.24, 2.45) is 5.92 Å². The summed E-state index contributed by atoms with van der Waals surface area (Å²) < 4.78 is 29.3. The fourth-order valence-corrected chi connectivity index (χ4v) is 6.92. The van der Waals surface area contributed by atoms with Gasteiger partial charge in [-0.3, -0.25) is 4.79 Å². The first kappa shape index (κ1) is 27.4. The molecule has 1 aliphatic rings. The molecule has 8 heteroatoms. The third-order valence-corrected chi connectivity index (χ3v) is 8.60. The highest BCUT2D eigenvalue weighted by molar-refractivity contribution is 7.90. The molecule has 0 aliphatic heterocycles. The van der Waals surface area contributed by atoms with Crippen LogP contribution < -0.4 is 0 Å². The quantitative estimate of drug-likeness (QED) is 0.305. The molecule has 0 radical (unpaired) electrons. The van der Waals surface area contributed by atoms with Crippen molar-refractivity contribution in [1.82, 2.24) is 14.5 Å². The van der Waals surface area contributed by atoms with Crippen LogP contribution in [-0.4, -0.2) is 35.3 Å². The summed E-state index contributed by atoms with van der Waals surface area (Å²) in [6.45, 7) is 6.90. The second kappa shape index (κ2) is 11.8. The largest absolute Gasteiger partial charge is 0.333 e. The summed E-state index contributed by atoms with van der Waals surface area (Å²) in [7, 11) is -3.70. The number of amides is 1. The molecule has 37 heavy (non-hydrogen) atoms. The maximum absolute atomic E-state index is 13.7. The topological polar surface area (TPSA) is 72.3 Å². The van der Waals surface area contributed by atoms with E-state index in [9.17, 15) is 13.2 Å². The van der Waals surface area contributed by atoms with Crippen LogP contribution in [0.4, 0.5) is 0 Å². The van der Waals surface area contributed by atoms with Gasteiger partial charge in [0.15, 0.2) is 0 Å². The zero-order valence-corrected chi connectivity index (χ0v) is 23.4. The molecule has 2 aromatic carbocycles. The van der Waals surface area contributed by atoms with Gasteiger partial charge in [-0.1, -0.05) is 80.6 Å². The zero-order valence-electron chi connectivity index (χ0n) is 21.9. The summed E-state index contributed by atoms with van der Waals surface area (Å²) in [6, 6.07) is 14.6. The first-order valence-electron chi connectivity index (χ1n) is 13.0. The standard InChI is InChI=1S/C29H36ClN3O3S/c1-21(2)18-32(28(34)24-11-8-12-25(30)16-24)19-27-17-31-29(33(27)26-13-5-4-6-14-26)37(35,36)20-23-10-7-9-22(3)15-23/h7-12,15-17,21,26H,4-6,13-14,18-20H2,1-3H3. The first-order valence-corrected chi connectivity index (χ1v) is 15.1. The van der Waals surface area contributed by atoms with Crippen LogP contribution in [0.5, 0.6) is 0 Å². The van der Waals surface area contributed by atoms with Gasteiger partial charge in [0, 0.05) is 23.2 Å². The molecule has 0 spiro atoms. The van der Waals surface area contributed by atoms with Crippen LogP contribution >= 0.6 is 11.6 Å². The molecule has 198 valence electrons. The molecule has 3 aromatic rings. The van der Waals surface area contributed by atoms with Crippen LogP contribution in [-0.2, 0) is 22.1 Å². The molecular weight excluding hydrogens is 506 g/mol. The molecule has 0 bridgehead atoms. The van der Waals surface area contributed by atoms with E-state index in [2.05, 4.69) is 18.8 Å². The molecule has 1 amide bonds. The summed E-state index contributed by atoms with van der Waals surface area (Å²) in [4.78, 5) is 19.8. The van der Waals surface area contributed by atoms with Gasteiger partial charge in [0.1, 0.15) is 0 Å². The normalized spacial score (nSPS) is 14.7. The monoisotopic (exact) mass is 541 g/mol. The van der Waals surface area contributed by atoms with E-state index in [0.717, 1.165) is 48.9 Å². The highest BCUT2D eigenvalue weighted by Crippen LogP contribution is 2.33. The van der Waals surface area contributed by atoms with Gasteiger partial charge in [0.2, 0.25) is 15.0 Å². The smallest absolute Gasteiger partial charge is 0.254 e. The minimum Gasteiger partial charge on any atom is -0.333 e. The average molecular weight is 542 g/mol. The van der Waals surface area contributed by atoms with Crippen molar-refractivity contribution < 1.29 is 13.2 Å². The summed E-state index contributed by atoms with van der Waals surface area (Å²) in [6.07, 6.45) is 6.72. The van der Waals surface area contributed by atoms with E-state index in [4.69, 9.17) is 11.6 Å². The van der Waals surface area contributed by atoms with Crippen molar-refractivity contribution in [2.45, 2.75) is 76.4 Å². The third kappa shape index (κ3) is 6.82. The fraction of sp³-hybridized carbons (Fsp3) is 0.448. The van der Waals surface area contributed by atoms with Crippen molar-refractivity contribution in [3.63, 3.8) is 0 Å². The van der Waals surface area contributed by atoms with Gasteiger partial charge in [-0.05, 0) is 49.4 Å². The molecule has 6 nitrogen and oxygen atoms in total. The van der Waals surface area contributed by atoms with Crippen LogP contribution in [0.25, 0.3) is 0 Å². The summed E-state index contributed by atoms with van der Waals surface area (Å²) in [5.41, 5.74) is 3.04. The lowest BCUT2D eigenvalue weighted by Gasteiger charge is -2.29. The van der Waals surface area contributed by atoms with Gasteiger partial charge >= 0.3 is 0 Å². The molecule has 0 unspecified atom stereocenters. The maximum Gasteiger partial charge on any atom is 0.254 e. The molecule has 1 saturated carbocycles. The van der Waals surface area contributed by atoms with Gasteiger partial charge < -0.3 is 9.47 Å². The third-order valence-electron chi connectivity index (χ3n) is 6.79. The first-order chi connectivity index (χ1) is 17.6. The van der Waals surface area contributed by atoms with Gasteiger partial charge in [-0.2, -0.15) is 0 Å². The SMILES string of the molecule is Cc1cccc(CS(=O)(=O)c2ncc(CN(CC(C)C)C(=O)c3cccc(Cl)c3)n2C2CCCCC2)c1. The molecule has 4 rings (SSSR count). The van der Waals surface area contributed by atoms with Crippen molar-refractivity contribution >= 4 is 27.3 Å². The van der Waals surface area contributed by atoms with Crippen LogP contribution in [0.3, 0.4) is 0 Å². The predicted octanol–water partition coefficient (Wildman–Crippen LogP) is 6.62. The number of halogens is 1. The van der Waals surface area contributed by atoms with Gasteiger partial charge in [-0.15, -0.1) is 0 Å². The Bertz CT molecular complexity index is 1340. The lowest BCUT2D eigenvalue weighted by Crippen LogP contribution is -2.35. The Morgan fingerprint density at radius 3 is 2.51 bits per heavy atom. The molecule has 1 aromatic heterocycles. The Hall–Kier alpha value is -2.64. The average Bonchev–Trinajstić information content (AvgIpc) is 3.28. The number of hydrogen-bond donors (Lipinski definition) is 0. The lowest BCUT2D eigenvalue weighted by molar-refractivity contribution is 0.0716. The highest BCUT2D eigenvalue weighted by Gasteiger charge is 2.30. The summed E-state index contributed by atoms with van der Waals surface area (Å²) in [5, 5.41) is 0.614. The Morgan fingerprint density at radius 1 is 1.11 bits per heavy atom. The van der Waals surface area contributed by atoms with E-state index in [1.165, 1.54) is 0 Å². The molecule has 0 N–H and O–H groups in total. The fourth-order valence-electron chi connectivity index (χ4n) is 5.20. The Balaban J connectivity index is 1.71. The van der Waals surface area contributed by atoms with Crippen molar-refractivity contribution in [1.29, 1.82) is 0 Å². The molecule has 0 atom stereocenters. The highest BCUT2D eigenvalue weighted by atomic mass is 35.5. The Morgan fingerprint density at radius 2 is 1.84 bits per heavy atom. The summed E-state index contributed by atoms with van der Waals surface area (Å²) in [5.74, 6) is 0.00474. The Labute approximate surface area is 225 Å². The zero-order chi connectivity index (χ0) is 26.6. The second-order valence-electron chi connectivity index (χ2n) is 10.5. The number of imidazole rings is 1. The Kier molecular flexibility index (Phi) is 8.75. The molecule has 1 fully saturated rings. The van der Waals surface area contributed by atoms with Crippen LogP contribution in [0.1, 0.15) is 79.2 Å². The molecular formula is C29H36ClN3O3S. The number of carbonyl (C=O) groups excluding carboxylic acids is 1.